The maximum Gasteiger partial charge on any atom is 0.387 e. The molecule has 0 radical (unpaired) electrons. The average molecular weight is 544 g/mol. The van der Waals surface area contributed by atoms with Crippen LogP contribution in [0.5, 0.6) is 11.5 Å². The van der Waals surface area contributed by atoms with Gasteiger partial charge in [0, 0.05) is 38.9 Å². The molecule has 0 saturated carbocycles. The molecule has 1 atom stereocenters. The van der Waals surface area contributed by atoms with Crippen LogP contribution in [0.2, 0.25) is 0 Å². The molecule has 0 amide bonds. The molecule has 0 saturated heterocycles. The summed E-state index contributed by atoms with van der Waals surface area (Å²) in [6.07, 6.45) is 0.924. The lowest BCUT2D eigenvalue weighted by molar-refractivity contribution is -0.0520. The fourth-order valence-corrected chi connectivity index (χ4v) is 2.68. The number of guanidine groups is 1. The summed E-state index contributed by atoms with van der Waals surface area (Å²) in [5.41, 5.74) is 0.549. The zero-order chi connectivity index (χ0) is 21.6. The summed E-state index contributed by atoms with van der Waals surface area (Å²) in [7, 11) is 5.69. The van der Waals surface area contributed by atoms with Crippen molar-refractivity contribution in [2.24, 2.45) is 4.99 Å². The molecular weight excluding hydrogens is 509 g/mol. The van der Waals surface area contributed by atoms with Gasteiger partial charge in [-0.1, -0.05) is 12.1 Å². The van der Waals surface area contributed by atoms with Crippen molar-refractivity contribution in [2.75, 3.05) is 47.4 Å². The number of halogens is 3. The molecular formula is C20H35F2IN4O3. The van der Waals surface area contributed by atoms with Crippen LogP contribution in [0.15, 0.2) is 23.2 Å². The lowest BCUT2D eigenvalue weighted by Crippen LogP contribution is -2.42. The van der Waals surface area contributed by atoms with E-state index in [4.69, 9.17) is 14.2 Å². The van der Waals surface area contributed by atoms with Crippen molar-refractivity contribution in [1.29, 1.82) is 0 Å². The zero-order valence-electron chi connectivity index (χ0n) is 18.4. The minimum atomic E-state index is -2.93. The monoisotopic (exact) mass is 544 g/mol. The van der Waals surface area contributed by atoms with Crippen LogP contribution in [0.1, 0.15) is 25.8 Å². The van der Waals surface area contributed by atoms with Crippen molar-refractivity contribution in [1.82, 2.24) is 15.5 Å². The van der Waals surface area contributed by atoms with Gasteiger partial charge in [-0.3, -0.25) is 4.99 Å². The lowest BCUT2D eigenvalue weighted by Gasteiger charge is -2.21. The van der Waals surface area contributed by atoms with Gasteiger partial charge in [-0.15, -0.1) is 24.0 Å². The van der Waals surface area contributed by atoms with Crippen LogP contribution in [-0.4, -0.2) is 71.0 Å². The molecule has 0 aromatic heterocycles. The van der Waals surface area contributed by atoms with Gasteiger partial charge in [-0.05, 0) is 40.4 Å². The van der Waals surface area contributed by atoms with Crippen LogP contribution in [0.3, 0.4) is 0 Å². The van der Waals surface area contributed by atoms with E-state index in [0.29, 0.717) is 31.3 Å². The Morgan fingerprint density at radius 1 is 1.17 bits per heavy atom. The minimum absolute atomic E-state index is 0. The van der Waals surface area contributed by atoms with E-state index in [1.165, 1.54) is 0 Å². The fraction of sp³-hybridized carbons (Fsp3) is 0.650. The van der Waals surface area contributed by atoms with Gasteiger partial charge in [0.15, 0.2) is 17.5 Å². The Balaban J connectivity index is 0.00000841. The Bertz CT molecular complexity index is 622. The molecule has 1 aromatic rings. The van der Waals surface area contributed by atoms with Gasteiger partial charge in [0.2, 0.25) is 0 Å². The van der Waals surface area contributed by atoms with Gasteiger partial charge in [0.1, 0.15) is 0 Å². The molecule has 0 aliphatic rings. The summed E-state index contributed by atoms with van der Waals surface area (Å²) in [5, 5.41) is 6.35. The molecule has 0 aliphatic heterocycles. The minimum Gasteiger partial charge on any atom is -0.490 e. The predicted octanol–water partition coefficient (Wildman–Crippen LogP) is 3.33. The maximum atomic E-state index is 12.8. The van der Waals surface area contributed by atoms with Gasteiger partial charge < -0.3 is 29.7 Å². The van der Waals surface area contributed by atoms with E-state index in [2.05, 4.69) is 20.5 Å². The summed E-state index contributed by atoms with van der Waals surface area (Å²) < 4.78 is 41.6. The molecule has 1 rings (SSSR count). The summed E-state index contributed by atoms with van der Waals surface area (Å²) in [6.45, 7) is 3.55. The SMILES string of the molecule is CCOc1cccc(CNC(=NC)NCC(CCN(C)C)OCC)c1OC(F)F.I. The van der Waals surface area contributed by atoms with E-state index >= 15 is 0 Å². The van der Waals surface area contributed by atoms with Crippen LogP contribution in [0.25, 0.3) is 0 Å². The van der Waals surface area contributed by atoms with E-state index in [1.54, 1.807) is 32.2 Å². The van der Waals surface area contributed by atoms with Crippen molar-refractivity contribution in [3.63, 3.8) is 0 Å². The van der Waals surface area contributed by atoms with Crippen LogP contribution < -0.4 is 20.1 Å². The highest BCUT2D eigenvalue weighted by Gasteiger charge is 2.16. The van der Waals surface area contributed by atoms with Crippen molar-refractivity contribution < 1.29 is 23.0 Å². The first kappa shape index (κ1) is 28.6. The molecule has 10 heteroatoms. The molecule has 2 N–H and O–H groups in total. The Hall–Kier alpha value is -1.40. The zero-order valence-corrected chi connectivity index (χ0v) is 20.7. The Kier molecular flexibility index (Phi) is 15.6. The maximum absolute atomic E-state index is 12.8. The first-order chi connectivity index (χ1) is 13.9. The summed E-state index contributed by atoms with van der Waals surface area (Å²) in [6, 6.07) is 5.05. The normalized spacial score (nSPS) is 12.5. The van der Waals surface area contributed by atoms with Crippen LogP contribution in [-0.2, 0) is 11.3 Å². The number of benzene rings is 1. The van der Waals surface area contributed by atoms with Crippen LogP contribution in [0, 0.1) is 0 Å². The molecule has 1 aromatic carbocycles. The van der Waals surface area contributed by atoms with Crippen molar-refractivity contribution >= 4 is 29.9 Å². The average Bonchev–Trinajstić information content (AvgIpc) is 2.67. The van der Waals surface area contributed by atoms with Gasteiger partial charge in [0.25, 0.3) is 0 Å². The number of ether oxygens (including phenoxy) is 3. The van der Waals surface area contributed by atoms with Crippen molar-refractivity contribution in [2.45, 2.75) is 39.5 Å². The largest absolute Gasteiger partial charge is 0.490 e. The third-order valence-corrected chi connectivity index (χ3v) is 4.03. The van der Waals surface area contributed by atoms with Crippen LogP contribution >= 0.6 is 24.0 Å². The fourth-order valence-electron chi connectivity index (χ4n) is 2.68. The summed E-state index contributed by atoms with van der Waals surface area (Å²) >= 11 is 0. The molecule has 0 bridgehead atoms. The quantitative estimate of drug-likeness (QED) is 0.226. The van der Waals surface area contributed by atoms with Crippen LogP contribution in [0.4, 0.5) is 8.78 Å². The highest BCUT2D eigenvalue weighted by atomic mass is 127. The predicted molar refractivity (Wildman–Crippen MR) is 126 cm³/mol. The standard InChI is InChI=1S/C20H34F2N4O3.HI/c1-6-27-16(11-12-26(4)5)14-25-20(23-3)24-13-15-9-8-10-17(28-7-2)18(15)29-19(21)22;/h8-10,16,19H,6-7,11-14H2,1-5H3,(H2,23,24,25);1H. The van der Waals surface area contributed by atoms with E-state index < -0.39 is 6.61 Å². The number of rotatable bonds is 13. The molecule has 0 spiro atoms. The molecule has 0 fully saturated rings. The van der Waals surface area contributed by atoms with E-state index in [9.17, 15) is 8.78 Å². The second-order valence-corrected chi connectivity index (χ2v) is 6.53. The van der Waals surface area contributed by atoms with Gasteiger partial charge in [0.05, 0.1) is 12.7 Å². The molecule has 1 unspecified atom stereocenters. The first-order valence-corrected chi connectivity index (χ1v) is 9.81. The third kappa shape index (κ3) is 11.1. The molecule has 0 heterocycles. The number of para-hydroxylation sites is 1. The van der Waals surface area contributed by atoms with Gasteiger partial charge in [-0.25, -0.2) is 0 Å². The topological polar surface area (TPSA) is 67.4 Å². The Labute approximate surface area is 195 Å². The highest BCUT2D eigenvalue weighted by Crippen LogP contribution is 2.32. The molecule has 7 nitrogen and oxygen atoms in total. The Morgan fingerprint density at radius 3 is 2.47 bits per heavy atom. The number of hydrogen-bond donors (Lipinski definition) is 2. The van der Waals surface area contributed by atoms with Crippen molar-refractivity contribution in [3.05, 3.63) is 23.8 Å². The smallest absolute Gasteiger partial charge is 0.387 e. The second-order valence-electron chi connectivity index (χ2n) is 6.53. The number of hydrogen-bond acceptors (Lipinski definition) is 5. The third-order valence-electron chi connectivity index (χ3n) is 4.03. The molecule has 30 heavy (non-hydrogen) atoms. The molecule has 174 valence electrons. The second kappa shape index (κ2) is 16.3. The van der Waals surface area contributed by atoms with Gasteiger partial charge >= 0.3 is 6.61 Å². The lowest BCUT2D eigenvalue weighted by atomic mass is 10.2. The number of nitrogens with one attached hydrogen (secondary N) is 2. The van der Waals surface area contributed by atoms with Crippen molar-refractivity contribution in [3.8, 4) is 11.5 Å². The number of nitrogens with zero attached hydrogens (tertiary/aromatic N) is 2. The number of aliphatic imine (C=N–C) groups is 1. The summed E-state index contributed by atoms with van der Waals surface area (Å²) in [4.78, 5) is 6.29. The van der Waals surface area contributed by atoms with Gasteiger partial charge in [-0.2, -0.15) is 8.78 Å². The van der Waals surface area contributed by atoms with E-state index in [1.807, 2.05) is 21.0 Å². The number of alkyl halides is 2. The Morgan fingerprint density at radius 2 is 1.90 bits per heavy atom. The van der Waals surface area contributed by atoms with E-state index in [0.717, 1.165) is 13.0 Å². The highest BCUT2D eigenvalue weighted by molar-refractivity contribution is 14.0. The van der Waals surface area contributed by atoms with E-state index in [-0.39, 0.29) is 48.1 Å². The molecule has 0 aliphatic carbocycles. The first-order valence-electron chi connectivity index (χ1n) is 9.81. The summed E-state index contributed by atoms with van der Waals surface area (Å²) in [5.74, 6) is 0.866.